The Bertz CT molecular complexity index is 627. The van der Waals surface area contributed by atoms with Crippen molar-refractivity contribution < 1.29 is 41.1 Å². The lowest BCUT2D eigenvalue weighted by Crippen LogP contribution is -2.33. The van der Waals surface area contributed by atoms with Crippen LogP contribution in [0.5, 0.6) is 0 Å². The van der Waals surface area contributed by atoms with E-state index in [2.05, 4.69) is 4.74 Å². The number of ether oxygens (including phenoxy) is 1. The highest BCUT2D eigenvalue weighted by atomic mass is 19.2. The van der Waals surface area contributed by atoms with Gasteiger partial charge in [-0.1, -0.05) is 0 Å². The molecular formula is C13H9F5O4. The molecule has 0 saturated heterocycles. The molecule has 1 aromatic carbocycles. The van der Waals surface area contributed by atoms with Gasteiger partial charge in [0.05, 0.1) is 12.2 Å². The molecule has 0 N–H and O–H groups in total. The summed E-state index contributed by atoms with van der Waals surface area (Å²) in [5.41, 5.74) is -1.86. The molecule has 120 valence electrons. The Morgan fingerprint density at radius 1 is 0.909 bits per heavy atom. The largest absolute Gasteiger partial charge is 0.465 e. The van der Waals surface area contributed by atoms with Crippen molar-refractivity contribution in [3.8, 4) is 0 Å². The number of esters is 1. The number of rotatable bonds is 5. The van der Waals surface area contributed by atoms with E-state index in [9.17, 15) is 36.3 Å². The first-order valence-corrected chi connectivity index (χ1v) is 5.87. The number of benzene rings is 1. The Balaban J connectivity index is 3.50. The highest BCUT2D eigenvalue weighted by molar-refractivity contribution is 6.22. The average molecular weight is 324 g/mol. The molecule has 0 radical (unpaired) electrons. The molecular weight excluding hydrogens is 315 g/mol. The van der Waals surface area contributed by atoms with Crippen LogP contribution in [0.15, 0.2) is 0 Å². The third kappa shape index (κ3) is 2.97. The third-order valence-corrected chi connectivity index (χ3v) is 2.65. The number of carbonyl (C=O) groups excluding carboxylic acids is 3. The topological polar surface area (TPSA) is 60.4 Å². The predicted octanol–water partition coefficient (Wildman–Crippen LogP) is 2.33. The van der Waals surface area contributed by atoms with Crippen LogP contribution in [0.3, 0.4) is 0 Å². The fraction of sp³-hybridized carbons (Fsp3) is 0.308. The Kier molecular flexibility index (Phi) is 5.34. The third-order valence-electron chi connectivity index (χ3n) is 2.65. The van der Waals surface area contributed by atoms with Crippen molar-refractivity contribution in [2.24, 2.45) is 5.92 Å². The van der Waals surface area contributed by atoms with Crippen LogP contribution in [0.25, 0.3) is 0 Å². The molecule has 0 saturated carbocycles. The smallest absolute Gasteiger partial charge is 0.324 e. The standard InChI is InChI=1S/C13H9F5O4/c1-3-22-13(21)5(4(2)19)12(20)6-7(14)9(16)11(18)10(17)8(6)15/h5H,3H2,1-2H3. The zero-order chi connectivity index (χ0) is 17.2. The summed E-state index contributed by atoms with van der Waals surface area (Å²) in [6.45, 7) is 1.82. The van der Waals surface area contributed by atoms with Gasteiger partial charge in [-0.2, -0.15) is 0 Å². The second kappa shape index (κ2) is 6.63. The summed E-state index contributed by atoms with van der Waals surface area (Å²) >= 11 is 0. The molecule has 0 aromatic heterocycles. The molecule has 0 bridgehead atoms. The highest BCUT2D eigenvalue weighted by Gasteiger charge is 2.39. The first-order chi connectivity index (χ1) is 10.1. The molecule has 0 amide bonds. The van der Waals surface area contributed by atoms with Crippen molar-refractivity contribution in [3.05, 3.63) is 34.6 Å². The second-order valence-electron chi connectivity index (χ2n) is 4.10. The molecule has 1 rings (SSSR count). The first-order valence-electron chi connectivity index (χ1n) is 5.87. The molecule has 0 aliphatic rings. The number of hydrogen-bond donors (Lipinski definition) is 0. The summed E-state index contributed by atoms with van der Waals surface area (Å²) in [7, 11) is 0. The van der Waals surface area contributed by atoms with E-state index < -0.39 is 58.1 Å². The van der Waals surface area contributed by atoms with E-state index in [0.29, 0.717) is 0 Å². The monoisotopic (exact) mass is 324 g/mol. The molecule has 1 atom stereocenters. The van der Waals surface area contributed by atoms with Gasteiger partial charge in [-0.15, -0.1) is 0 Å². The van der Waals surface area contributed by atoms with Crippen molar-refractivity contribution in [1.29, 1.82) is 0 Å². The van der Waals surface area contributed by atoms with Gasteiger partial charge in [0.15, 0.2) is 40.8 Å². The zero-order valence-corrected chi connectivity index (χ0v) is 11.3. The average Bonchev–Trinajstić information content (AvgIpc) is 2.43. The number of carbonyl (C=O) groups is 3. The second-order valence-corrected chi connectivity index (χ2v) is 4.10. The summed E-state index contributed by atoms with van der Waals surface area (Å²) < 4.78 is 70.5. The molecule has 1 aromatic rings. The Hall–Kier alpha value is -2.32. The molecule has 1 unspecified atom stereocenters. The summed E-state index contributed by atoms with van der Waals surface area (Å²) in [5, 5.41) is 0. The molecule has 4 nitrogen and oxygen atoms in total. The van der Waals surface area contributed by atoms with Gasteiger partial charge < -0.3 is 4.74 Å². The van der Waals surface area contributed by atoms with E-state index in [1.54, 1.807) is 0 Å². The number of halogens is 5. The van der Waals surface area contributed by atoms with Crippen molar-refractivity contribution in [3.63, 3.8) is 0 Å². The zero-order valence-electron chi connectivity index (χ0n) is 11.3. The summed E-state index contributed by atoms with van der Waals surface area (Å²) in [4.78, 5) is 34.7. The van der Waals surface area contributed by atoms with Gasteiger partial charge in [0, 0.05) is 0 Å². The van der Waals surface area contributed by atoms with E-state index >= 15 is 0 Å². The van der Waals surface area contributed by atoms with E-state index in [-0.39, 0.29) is 6.61 Å². The minimum atomic E-state index is -2.46. The fourth-order valence-corrected chi connectivity index (χ4v) is 1.65. The van der Waals surface area contributed by atoms with Crippen molar-refractivity contribution in [2.45, 2.75) is 13.8 Å². The summed E-state index contributed by atoms with van der Waals surface area (Å²) in [6, 6.07) is 0. The number of ketones is 2. The van der Waals surface area contributed by atoms with Gasteiger partial charge >= 0.3 is 5.97 Å². The summed E-state index contributed by atoms with van der Waals surface area (Å²) in [6.07, 6.45) is 0. The highest BCUT2D eigenvalue weighted by Crippen LogP contribution is 2.26. The maximum absolute atomic E-state index is 13.5. The van der Waals surface area contributed by atoms with E-state index in [0.717, 1.165) is 6.92 Å². The molecule has 0 heterocycles. The van der Waals surface area contributed by atoms with E-state index in [1.807, 2.05) is 0 Å². The maximum Gasteiger partial charge on any atom is 0.324 e. The van der Waals surface area contributed by atoms with Crippen LogP contribution in [-0.4, -0.2) is 24.1 Å². The summed E-state index contributed by atoms with van der Waals surface area (Å²) in [5.74, 6) is -18.8. The Morgan fingerprint density at radius 3 is 1.68 bits per heavy atom. The van der Waals surface area contributed by atoms with Gasteiger partial charge in [0.25, 0.3) is 0 Å². The molecule has 0 spiro atoms. The van der Waals surface area contributed by atoms with Crippen LogP contribution in [0.2, 0.25) is 0 Å². The van der Waals surface area contributed by atoms with Crippen LogP contribution in [0.1, 0.15) is 24.2 Å². The lowest BCUT2D eigenvalue weighted by Gasteiger charge is -2.13. The molecule has 0 fully saturated rings. The van der Waals surface area contributed by atoms with Crippen LogP contribution < -0.4 is 0 Å². The quantitative estimate of drug-likeness (QED) is 0.208. The van der Waals surface area contributed by atoms with Crippen LogP contribution >= 0.6 is 0 Å². The minimum absolute atomic E-state index is 0.257. The molecule has 9 heteroatoms. The van der Waals surface area contributed by atoms with Crippen LogP contribution in [0, 0.1) is 35.0 Å². The van der Waals surface area contributed by atoms with E-state index in [1.165, 1.54) is 6.92 Å². The number of hydrogen-bond acceptors (Lipinski definition) is 4. The Morgan fingerprint density at radius 2 is 1.32 bits per heavy atom. The first kappa shape index (κ1) is 17.7. The Labute approximate surface area is 120 Å². The molecule has 22 heavy (non-hydrogen) atoms. The van der Waals surface area contributed by atoms with Gasteiger partial charge in [0.1, 0.15) is 0 Å². The van der Waals surface area contributed by atoms with Crippen molar-refractivity contribution in [2.75, 3.05) is 6.61 Å². The SMILES string of the molecule is CCOC(=O)C(C(C)=O)C(=O)c1c(F)c(F)c(F)c(F)c1F. The van der Waals surface area contributed by atoms with Gasteiger partial charge in [0.2, 0.25) is 5.82 Å². The van der Waals surface area contributed by atoms with E-state index in [4.69, 9.17) is 0 Å². The van der Waals surface area contributed by atoms with Crippen molar-refractivity contribution in [1.82, 2.24) is 0 Å². The van der Waals surface area contributed by atoms with Crippen LogP contribution in [-0.2, 0) is 14.3 Å². The predicted molar refractivity (Wildman–Crippen MR) is 61.4 cm³/mol. The normalized spacial score (nSPS) is 12.0. The van der Waals surface area contributed by atoms with Crippen LogP contribution in [0.4, 0.5) is 22.0 Å². The maximum atomic E-state index is 13.5. The lowest BCUT2D eigenvalue weighted by molar-refractivity contribution is -0.148. The van der Waals surface area contributed by atoms with Gasteiger partial charge in [-0.05, 0) is 13.8 Å². The van der Waals surface area contributed by atoms with Gasteiger partial charge in [-0.3, -0.25) is 14.4 Å². The lowest BCUT2D eigenvalue weighted by atomic mass is 9.93. The van der Waals surface area contributed by atoms with Gasteiger partial charge in [-0.25, -0.2) is 22.0 Å². The minimum Gasteiger partial charge on any atom is -0.465 e. The number of Topliss-reactive ketones (excluding diaryl/α,β-unsaturated/α-hetero) is 2. The molecule has 0 aliphatic heterocycles. The molecule has 0 aliphatic carbocycles. The fourth-order valence-electron chi connectivity index (χ4n) is 1.65. The van der Waals surface area contributed by atoms with Crippen molar-refractivity contribution >= 4 is 17.5 Å².